The van der Waals surface area contributed by atoms with E-state index in [4.69, 9.17) is 5.11 Å². The molecule has 0 aromatic heterocycles. The molecule has 0 bridgehead atoms. The molecule has 0 aliphatic rings. The van der Waals surface area contributed by atoms with Crippen LogP contribution in [0.15, 0.2) is 0 Å². The Labute approximate surface area is 96.0 Å². The van der Waals surface area contributed by atoms with Crippen molar-refractivity contribution in [2.75, 3.05) is 20.6 Å². The fraction of sp³-hybridized carbons (Fsp3) is 0.800. The van der Waals surface area contributed by atoms with Crippen LogP contribution in [-0.2, 0) is 9.59 Å². The molecule has 94 valence electrons. The quantitative estimate of drug-likeness (QED) is 0.523. The number of hydrazine groups is 1. The Hall–Kier alpha value is -1.14. The molecular formula is C10H21N3O3. The Bertz CT molecular complexity index is 231. The molecule has 6 heteroatoms. The Kier molecular flexibility index (Phi) is 6.67. The summed E-state index contributed by atoms with van der Waals surface area (Å²) in [6.07, 6.45) is 0.656. The van der Waals surface area contributed by atoms with E-state index in [1.807, 2.05) is 13.8 Å². The molecule has 0 unspecified atom stereocenters. The lowest BCUT2D eigenvalue weighted by Crippen LogP contribution is -2.50. The van der Waals surface area contributed by atoms with Gasteiger partial charge in [0.25, 0.3) is 0 Å². The first-order valence-electron chi connectivity index (χ1n) is 5.26. The van der Waals surface area contributed by atoms with E-state index in [2.05, 4.69) is 10.7 Å². The second-order valence-electron chi connectivity index (χ2n) is 4.32. The van der Waals surface area contributed by atoms with Crippen LogP contribution in [-0.4, -0.2) is 48.7 Å². The van der Waals surface area contributed by atoms with Gasteiger partial charge in [0.2, 0.25) is 5.91 Å². The van der Waals surface area contributed by atoms with Gasteiger partial charge in [0.1, 0.15) is 12.6 Å². The number of hydrogen-bond donors (Lipinski definition) is 3. The van der Waals surface area contributed by atoms with Crippen LogP contribution in [0.25, 0.3) is 0 Å². The van der Waals surface area contributed by atoms with E-state index in [9.17, 15) is 9.59 Å². The molecule has 0 rings (SSSR count). The maximum Gasteiger partial charge on any atom is 0.322 e. The summed E-state index contributed by atoms with van der Waals surface area (Å²) >= 11 is 0. The minimum absolute atomic E-state index is 0.287. The predicted octanol–water partition coefficient (Wildman–Crippen LogP) is -0.332. The number of carboxylic acids is 1. The van der Waals surface area contributed by atoms with E-state index in [0.29, 0.717) is 12.3 Å². The molecule has 3 N–H and O–H groups in total. The van der Waals surface area contributed by atoms with Gasteiger partial charge in [0, 0.05) is 14.1 Å². The van der Waals surface area contributed by atoms with Gasteiger partial charge in [-0.15, -0.1) is 0 Å². The number of nitrogens with one attached hydrogen (secondary N) is 2. The van der Waals surface area contributed by atoms with Gasteiger partial charge in [-0.2, -0.15) is 0 Å². The van der Waals surface area contributed by atoms with E-state index < -0.39 is 12.0 Å². The average Bonchev–Trinajstić information content (AvgIpc) is 2.11. The van der Waals surface area contributed by atoms with Gasteiger partial charge in [0.05, 0.1) is 0 Å². The van der Waals surface area contributed by atoms with Crippen molar-refractivity contribution in [2.24, 2.45) is 5.92 Å². The van der Waals surface area contributed by atoms with Crippen molar-refractivity contribution in [3.63, 3.8) is 0 Å². The predicted molar refractivity (Wildman–Crippen MR) is 60.7 cm³/mol. The lowest BCUT2D eigenvalue weighted by Gasteiger charge is -2.23. The number of carboxylic acid groups (broad SMARTS) is 1. The summed E-state index contributed by atoms with van der Waals surface area (Å²) in [5.74, 6) is -0.973. The fourth-order valence-corrected chi connectivity index (χ4v) is 1.29. The van der Waals surface area contributed by atoms with E-state index in [1.54, 1.807) is 19.1 Å². The molecular weight excluding hydrogens is 210 g/mol. The third kappa shape index (κ3) is 7.19. The fourth-order valence-electron chi connectivity index (χ4n) is 1.29. The molecule has 16 heavy (non-hydrogen) atoms. The minimum Gasteiger partial charge on any atom is -0.480 e. The van der Waals surface area contributed by atoms with E-state index in [0.717, 1.165) is 0 Å². The van der Waals surface area contributed by atoms with Crippen LogP contribution >= 0.6 is 0 Å². The summed E-state index contributed by atoms with van der Waals surface area (Å²) in [7, 11) is 3.58. The highest BCUT2D eigenvalue weighted by Gasteiger charge is 2.20. The zero-order chi connectivity index (χ0) is 12.7. The zero-order valence-electron chi connectivity index (χ0n) is 10.3. The second kappa shape index (κ2) is 7.19. The molecule has 0 aromatic rings. The van der Waals surface area contributed by atoms with Gasteiger partial charge in [-0.25, -0.2) is 10.4 Å². The third-order valence-electron chi connectivity index (χ3n) is 1.85. The second-order valence-corrected chi connectivity index (χ2v) is 4.32. The van der Waals surface area contributed by atoms with Crippen LogP contribution in [0, 0.1) is 5.92 Å². The van der Waals surface area contributed by atoms with Gasteiger partial charge < -0.3 is 10.4 Å². The van der Waals surface area contributed by atoms with Crippen molar-refractivity contribution in [3.8, 4) is 0 Å². The smallest absolute Gasteiger partial charge is 0.322 e. The van der Waals surface area contributed by atoms with Gasteiger partial charge in [-0.3, -0.25) is 9.59 Å². The molecule has 0 spiro atoms. The first-order chi connectivity index (χ1) is 7.32. The molecule has 0 aliphatic carbocycles. The first-order valence-corrected chi connectivity index (χ1v) is 5.26. The number of hydrogen-bond acceptors (Lipinski definition) is 4. The maximum absolute atomic E-state index is 11.7. The molecule has 0 aliphatic heterocycles. The van der Waals surface area contributed by atoms with Gasteiger partial charge in [-0.05, 0) is 12.3 Å². The highest BCUT2D eigenvalue weighted by atomic mass is 16.4. The molecule has 6 nitrogen and oxygen atoms in total. The number of nitrogens with zero attached hydrogens (tertiary/aromatic N) is 1. The van der Waals surface area contributed by atoms with Crippen molar-refractivity contribution in [3.05, 3.63) is 0 Å². The summed E-state index contributed by atoms with van der Waals surface area (Å²) in [5, 5.41) is 12.5. The van der Waals surface area contributed by atoms with Crippen LogP contribution in [0.2, 0.25) is 0 Å². The Morgan fingerprint density at radius 1 is 1.31 bits per heavy atom. The Morgan fingerprint density at radius 2 is 1.88 bits per heavy atom. The molecule has 0 heterocycles. The van der Waals surface area contributed by atoms with Crippen LogP contribution in [0.3, 0.4) is 0 Å². The summed E-state index contributed by atoms with van der Waals surface area (Å²) in [4.78, 5) is 22.0. The number of rotatable bonds is 7. The number of carbonyl (C=O) groups is 2. The van der Waals surface area contributed by atoms with Crippen molar-refractivity contribution >= 4 is 11.9 Å². The third-order valence-corrected chi connectivity index (χ3v) is 1.85. The molecule has 0 saturated heterocycles. The minimum atomic E-state index is -1.04. The lowest BCUT2D eigenvalue weighted by molar-refractivity contribution is -0.138. The molecule has 0 saturated carbocycles. The largest absolute Gasteiger partial charge is 0.480 e. The van der Waals surface area contributed by atoms with Crippen molar-refractivity contribution in [1.82, 2.24) is 15.8 Å². The summed E-state index contributed by atoms with van der Waals surface area (Å²) in [5.41, 5.74) is 2.96. The van der Waals surface area contributed by atoms with Crippen LogP contribution < -0.4 is 10.7 Å². The molecule has 0 aromatic carbocycles. The van der Waals surface area contributed by atoms with E-state index in [-0.39, 0.29) is 12.5 Å². The lowest BCUT2D eigenvalue weighted by atomic mass is 10.0. The highest BCUT2D eigenvalue weighted by Crippen LogP contribution is 2.04. The highest BCUT2D eigenvalue weighted by molar-refractivity contribution is 5.85. The van der Waals surface area contributed by atoms with Crippen molar-refractivity contribution < 1.29 is 14.7 Å². The van der Waals surface area contributed by atoms with Crippen molar-refractivity contribution in [2.45, 2.75) is 26.3 Å². The van der Waals surface area contributed by atoms with Gasteiger partial charge in [0.15, 0.2) is 0 Å². The molecule has 0 radical (unpaired) electrons. The summed E-state index contributed by atoms with van der Waals surface area (Å²) in [6, 6.07) is -0.394. The Balaban J connectivity index is 4.25. The molecule has 0 fully saturated rings. The maximum atomic E-state index is 11.7. The van der Waals surface area contributed by atoms with Crippen LogP contribution in [0.1, 0.15) is 20.3 Å². The first kappa shape index (κ1) is 14.9. The number of amides is 1. The summed E-state index contributed by atoms with van der Waals surface area (Å²) in [6.45, 7) is 3.67. The summed E-state index contributed by atoms with van der Waals surface area (Å²) < 4.78 is 0. The topological polar surface area (TPSA) is 81.7 Å². The van der Waals surface area contributed by atoms with Crippen molar-refractivity contribution in [1.29, 1.82) is 0 Å². The SMILES string of the molecule is CC(C)C[C@H](NN(C)C)C(=O)NCC(=O)O. The number of aliphatic carboxylic acids is 1. The molecule has 1 atom stereocenters. The normalized spacial score (nSPS) is 12.9. The zero-order valence-corrected chi connectivity index (χ0v) is 10.3. The van der Waals surface area contributed by atoms with Crippen LogP contribution in [0.5, 0.6) is 0 Å². The van der Waals surface area contributed by atoms with Gasteiger partial charge in [-0.1, -0.05) is 13.8 Å². The number of carbonyl (C=O) groups excluding carboxylic acids is 1. The van der Waals surface area contributed by atoms with E-state index >= 15 is 0 Å². The monoisotopic (exact) mass is 231 g/mol. The van der Waals surface area contributed by atoms with Gasteiger partial charge >= 0.3 is 5.97 Å². The standard InChI is InChI=1S/C10H21N3O3/c1-7(2)5-8(12-13(3)4)10(16)11-6-9(14)15/h7-8,12H,5-6H2,1-4H3,(H,11,16)(H,14,15)/t8-/m0/s1. The van der Waals surface area contributed by atoms with E-state index in [1.165, 1.54) is 0 Å². The average molecular weight is 231 g/mol. The van der Waals surface area contributed by atoms with Crippen LogP contribution in [0.4, 0.5) is 0 Å². The molecule has 1 amide bonds. The Morgan fingerprint density at radius 3 is 2.25 bits per heavy atom.